The van der Waals surface area contributed by atoms with Crippen LogP contribution in [0, 0.1) is 0 Å². The van der Waals surface area contributed by atoms with Crippen LogP contribution < -0.4 is 5.32 Å². The van der Waals surface area contributed by atoms with Crippen LogP contribution in [-0.2, 0) is 0 Å². The van der Waals surface area contributed by atoms with Gasteiger partial charge >= 0.3 is 0 Å². The summed E-state index contributed by atoms with van der Waals surface area (Å²) in [5.74, 6) is 0.0756. The quantitative estimate of drug-likeness (QED) is 0.752. The number of carbonyl (C=O) groups is 1. The SMILES string of the molecule is CN(C)C(CNC(=O)c1cc2cc(Cl)ccc2o1)c1cccs1. The number of likely N-dealkylation sites (N-methyl/N-ethyl adjacent to an activating group) is 1. The molecule has 1 atom stereocenters. The van der Waals surface area contributed by atoms with Crippen LogP contribution in [0.3, 0.4) is 0 Å². The molecule has 4 nitrogen and oxygen atoms in total. The third-order valence-corrected chi connectivity index (χ3v) is 4.86. The second-order valence-corrected chi connectivity index (χ2v) is 6.91. The summed E-state index contributed by atoms with van der Waals surface area (Å²) in [7, 11) is 4.00. The molecule has 0 radical (unpaired) electrons. The van der Waals surface area contributed by atoms with Crippen molar-refractivity contribution in [1.82, 2.24) is 10.2 Å². The minimum Gasteiger partial charge on any atom is -0.451 e. The molecule has 0 aliphatic heterocycles. The highest BCUT2D eigenvalue weighted by atomic mass is 35.5. The topological polar surface area (TPSA) is 45.5 Å². The minimum atomic E-state index is -0.222. The number of hydrogen-bond donors (Lipinski definition) is 1. The smallest absolute Gasteiger partial charge is 0.287 e. The molecule has 0 fully saturated rings. The average molecular weight is 349 g/mol. The Hall–Kier alpha value is -1.82. The number of hydrogen-bond acceptors (Lipinski definition) is 4. The lowest BCUT2D eigenvalue weighted by Gasteiger charge is -2.23. The van der Waals surface area contributed by atoms with Crippen LogP contribution in [0.4, 0.5) is 0 Å². The minimum absolute atomic E-state index is 0.137. The molecule has 23 heavy (non-hydrogen) atoms. The molecule has 0 saturated carbocycles. The Labute approximate surface area is 143 Å². The summed E-state index contributed by atoms with van der Waals surface area (Å²) in [6.07, 6.45) is 0. The van der Waals surface area contributed by atoms with Crippen LogP contribution in [0.1, 0.15) is 21.5 Å². The normalized spacial score (nSPS) is 12.7. The van der Waals surface area contributed by atoms with Crippen molar-refractivity contribution in [1.29, 1.82) is 0 Å². The number of nitrogens with zero attached hydrogens (tertiary/aromatic N) is 1. The van der Waals surface area contributed by atoms with Crippen molar-refractivity contribution in [3.8, 4) is 0 Å². The van der Waals surface area contributed by atoms with Crippen LogP contribution in [0.15, 0.2) is 46.2 Å². The second kappa shape index (κ2) is 6.74. The van der Waals surface area contributed by atoms with E-state index in [1.165, 1.54) is 4.88 Å². The number of amides is 1. The Bertz CT molecular complexity index is 811. The first-order chi connectivity index (χ1) is 11.0. The van der Waals surface area contributed by atoms with Gasteiger partial charge in [-0.05, 0) is 49.8 Å². The van der Waals surface area contributed by atoms with Gasteiger partial charge in [-0.3, -0.25) is 4.79 Å². The van der Waals surface area contributed by atoms with Crippen LogP contribution >= 0.6 is 22.9 Å². The number of nitrogens with one attached hydrogen (secondary N) is 1. The van der Waals surface area contributed by atoms with Crippen molar-refractivity contribution in [2.75, 3.05) is 20.6 Å². The first-order valence-corrected chi connectivity index (χ1v) is 8.47. The average Bonchev–Trinajstić information content (AvgIpc) is 3.15. The molecule has 120 valence electrons. The Morgan fingerprint density at radius 2 is 2.17 bits per heavy atom. The maximum absolute atomic E-state index is 12.3. The fourth-order valence-corrected chi connectivity index (χ4v) is 3.52. The van der Waals surface area contributed by atoms with Gasteiger partial charge in [0.15, 0.2) is 5.76 Å². The monoisotopic (exact) mass is 348 g/mol. The molecular weight excluding hydrogens is 332 g/mol. The van der Waals surface area contributed by atoms with E-state index in [0.717, 1.165) is 5.39 Å². The first kappa shape index (κ1) is 16.1. The zero-order chi connectivity index (χ0) is 16.4. The van der Waals surface area contributed by atoms with E-state index in [-0.39, 0.29) is 11.9 Å². The molecule has 2 aromatic heterocycles. The summed E-state index contributed by atoms with van der Waals surface area (Å²) in [5.41, 5.74) is 0.655. The van der Waals surface area contributed by atoms with Gasteiger partial charge in [0.1, 0.15) is 5.58 Å². The van der Waals surface area contributed by atoms with E-state index in [1.54, 1.807) is 35.6 Å². The van der Waals surface area contributed by atoms with E-state index >= 15 is 0 Å². The van der Waals surface area contributed by atoms with E-state index in [2.05, 4.69) is 16.3 Å². The Morgan fingerprint density at radius 3 is 2.87 bits per heavy atom. The molecule has 1 unspecified atom stereocenters. The van der Waals surface area contributed by atoms with E-state index in [4.69, 9.17) is 16.0 Å². The predicted octanol–water partition coefficient (Wildman–Crippen LogP) is 4.18. The Morgan fingerprint density at radius 1 is 1.35 bits per heavy atom. The first-order valence-electron chi connectivity index (χ1n) is 7.22. The van der Waals surface area contributed by atoms with Crippen molar-refractivity contribution in [2.45, 2.75) is 6.04 Å². The van der Waals surface area contributed by atoms with Gasteiger partial charge < -0.3 is 14.6 Å². The molecule has 1 N–H and O–H groups in total. The van der Waals surface area contributed by atoms with Crippen molar-refractivity contribution in [3.05, 3.63) is 57.4 Å². The molecule has 3 rings (SSSR count). The van der Waals surface area contributed by atoms with Gasteiger partial charge in [0.05, 0.1) is 6.04 Å². The van der Waals surface area contributed by atoms with Crippen molar-refractivity contribution >= 4 is 39.8 Å². The molecule has 2 heterocycles. The summed E-state index contributed by atoms with van der Waals surface area (Å²) in [6, 6.07) is 11.2. The third kappa shape index (κ3) is 3.58. The van der Waals surface area contributed by atoms with E-state index in [0.29, 0.717) is 22.9 Å². The Balaban J connectivity index is 1.72. The number of halogens is 1. The van der Waals surface area contributed by atoms with Gasteiger partial charge in [-0.15, -0.1) is 11.3 Å². The van der Waals surface area contributed by atoms with E-state index in [9.17, 15) is 4.79 Å². The third-order valence-electron chi connectivity index (χ3n) is 3.65. The molecule has 1 amide bonds. The number of furan rings is 1. The maximum atomic E-state index is 12.3. The van der Waals surface area contributed by atoms with Gasteiger partial charge in [0.25, 0.3) is 5.91 Å². The van der Waals surface area contributed by atoms with Crippen LogP contribution in [0.2, 0.25) is 5.02 Å². The van der Waals surface area contributed by atoms with Gasteiger partial charge in [-0.1, -0.05) is 17.7 Å². The zero-order valence-electron chi connectivity index (χ0n) is 12.9. The Kier molecular flexibility index (Phi) is 4.71. The summed E-state index contributed by atoms with van der Waals surface area (Å²) in [6.45, 7) is 0.518. The zero-order valence-corrected chi connectivity index (χ0v) is 14.4. The number of benzene rings is 1. The summed E-state index contributed by atoms with van der Waals surface area (Å²) < 4.78 is 5.59. The lowest BCUT2D eigenvalue weighted by Crippen LogP contribution is -2.34. The lowest BCUT2D eigenvalue weighted by atomic mass is 10.2. The van der Waals surface area contributed by atoms with Crippen LogP contribution in [-0.4, -0.2) is 31.4 Å². The van der Waals surface area contributed by atoms with Gasteiger partial charge in [0, 0.05) is 21.8 Å². The molecular formula is C17H17ClN2O2S. The molecule has 0 aliphatic carbocycles. The summed E-state index contributed by atoms with van der Waals surface area (Å²) in [4.78, 5) is 15.6. The van der Waals surface area contributed by atoms with Crippen LogP contribution in [0.25, 0.3) is 11.0 Å². The van der Waals surface area contributed by atoms with Crippen molar-refractivity contribution < 1.29 is 9.21 Å². The molecule has 0 saturated heterocycles. The van der Waals surface area contributed by atoms with Crippen LogP contribution in [0.5, 0.6) is 0 Å². The summed E-state index contributed by atoms with van der Waals surface area (Å²) >= 11 is 7.64. The molecule has 3 aromatic rings. The standard InChI is InChI=1S/C17H17ClN2O2S/c1-20(2)13(16-4-3-7-23-16)10-19-17(21)15-9-11-8-12(18)5-6-14(11)22-15/h3-9,13H,10H2,1-2H3,(H,19,21). The van der Waals surface area contributed by atoms with Crippen molar-refractivity contribution in [3.63, 3.8) is 0 Å². The highest BCUT2D eigenvalue weighted by molar-refractivity contribution is 7.10. The van der Waals surface area contributed by atoms with Crippen molar-refractivity contribution in [2.24, 2.45) is 0 Å². The number of carbonyl (C=O) groups excluding carboxylic acids is 1. The predicted molar refractivity (Wildman–Crippen MR) is 94.3 cm³/mol. The van der Waals surface area contributed by atoms with Gasteiger partial charge in [-0.25, -0.2) is 0 Å². The number of fused-ring (bicyclic) bond motifs is 1. The fraction of sp³-hybridized carbons (Fsp3) is 0.235. The highest BCUT2D eigenvalue weighted by Gasteiger charge is 2.18. The molecule has 6 heteroatoms. The second-order valence-electron chi connectivity index (χ2n) is 5.50. The van der Waals surface area contributed by atoms with Gasteiger partial charge in [-0.2, -0.15) is 0 Å². The van der Waals surface area contributed by atoms with E-state index in [1.807, 2.05) is 25.5 Å². The number of rotatable bonds is 5. The number of thiophene rings is 1. The van der Waals surface area contributed by atoms with E-state index < -0.39 is 0 Å². The molecule has 0 bridgehead atoms. The van der Waals surface area contributed by atoms with Gasteiger partial charge in [0.2, 0.25) is 0 Å². The highest BCUT2D eigenvalue weighted by Crippen LogP contribution is 2.24. The largest absolute Gasteiger partial charge is 0.451 e. The molecule has 0 aliphatic rings. The lowest BCUT2D eigenvalue weighted by molar-refractivity contribution is 0.0916. The maximum Gasteiger partial charge on any atom is 0.287 e. The molecule has 0 spiro atoms. The molecule has 1 aromatic carbocycles. The summed E-state index contributed by atoms with van der Waals surface area (Å²) in [5, 5.41) is 6.43. The fourth-order valence-electron chi connectivity index (χ4n) is 2.42.